The zero-order chi connectivity index (χ0) is 45.2. The van der Waals surface area contributed by atoms with E-state index in [1.807, 2.05) is 25.9 Å². The van der Waals surface area contributed by atoms with Crippen molar-refractivity contribution in [2.24, 2.45) is 0 Å². The van der Waals surface area contributed by atoms with Crippen molar-refractivity contribution in [2.75, 3.05) is 67.3 Å². The van der Waals surface area contributed by atoms with Crippen molar-refractivity contribution in [1.29, 1.82) is 0 Å². The van der Waals surface area contributed by atoms with Gasteiger partial charge < -0.3 is 43.3 Å². The van der Waals surface area contributed by atoms with Gasteiger partial charge in [-0.25, -0.2) is 9.36 Å². The van der Waals surface area contributed by atoms with Gasteiger partial charge >= 0.3 is 30.1 Å². The summed E-state index contributed by atoms with van der Waals surface area (Å²) in [5.41, 5.74) is 0. The number of rotatable bonds is 37. The first-order valence-electron chi connectivity index (χ1n) is 22.2. The van der Waals surface area contributed by atoms with Gasteiger partial charge in [0.1, 0.15) is 25.9 Å². The molecule has 2 bridgehead atoms. The summed E-state index contributed by atoms with van der Waals surface area (Å²) >= 11 is 0. The lowest BCUT2D eigenvalue weighted by atomic mass is 9.94. The van der Waals surface area contributed by atoms with Crippen molar-refractivity contribution in [3.8, 4) is 0 Å². The molecule has 0 aromatic carbocycles. The Morgan fingerprint density at radius 3 is 2.11 bits per heavy atom. The number of quaternary nitrogens is 1. The average Bonchev–Trinajstić information content (AvgIpc) is 3.48. The highest BCUT2D eigenvalue weighted by atomic mass is 32.2. The summed E-state index contributed by atoms with van der Waals surface area (Å²) in [6, 6.07) is -0.850. The van der Waals surface area contributed by atoms with Crippen LogP contribution in [0.4, 0.5) is 0 Å². The first-order valence-corrected chi connectivity index (χ1v) is 25.2. The number of hydrogen-bond acceptors (Lipinski definition) is 14. The van der Waals surface area contributed by atoms with E-state index in [0.717, 1.165) is 64.2 Å². The third-order valence-electron chi connectivity index (χ3n) is 10.5. The van der Waals surface area contributed by atoms with Crippen LogP contribution in [-0.4, -0.2) is 148 Å². The van der Waals surface area contributed by atoms with Crippen molar-refractivity contribution >= 4 is 30.1 Å². The van der Waals surface area contributed by atoms with E-state index in [2.05, 4.69) is 0 Å². The maximum absolute atomic E-state index is 12.5. The van der Waals surface area contributed by atoms with Crippen LogP contribution in [0.25, 0.3) is 0 Å². The number of esters is 2. The van der Waals surface area contributed by atoms with Crippen molar-refractivity contribution in [2.45, 2.75) is 172 Å². The smallest absolute Gasteiger partial charge is 0.462 e. The first-order chi connectivity index (χ1) is 28.8. The van der Waals surface area contributed by atoms with Gasteiger partial charge in [0.05, 0.1) is 59.2 Å². The largest absolute Gasteiger partial charge is 0.472 e. The fraction of sp³-hybridized carbons (Fsp3) is 0.902. The minimum atomic E-state index is -4.41. The topological polar surface area (TPSA) is 243 Å². The molecule has 2 fully saturated rings. The second kappa shape index (κ2) is 29.8. The van der Waals surface area contributed by atoms with Gasteiger partial charge in [0.25, 0.3) is 0 Å². The number of carbonyl (C=O) groups excluding carboxylic acids is 2. The van der Waals surface area contributed by atoms with Crippen LogP contribution in [0.3, 0.4) is 0 Å². The van der Waals surface area contributed by atoms with Gasteiger partial charge in [-0.15, -0.1) is 0 Å². The Morgan fingerprint density at radius 1 is 0.885 bits per heavy atom. The van der Waals surface area contributed by atoms with Crippen LogP contribution in [0.1, 0.15) is 135 Å². The highest BCUT2D eigenvalue weighted by Gasteiger charge is 2.52. The molecule has 2 saturated heterocycles. The predicted molar refractivity (Wildman–Crippen MR) is 227 cm³/mol. The number of likely N-dealkylation sites (N-methyl/N-ethyl adjacent to an activating group) is 1. The summed E-state index contributed by atoms with van der Waals surface area (Å²) < 4.78 is 83.6. The maximum atomic E-state index is 12.5. The fourth-order valence-electron chi connectivity index (χ4n) is 7.20. The molecule has 0 aromatic rings. The van der Waals surface area contributed by atoms with Crippen LogP contribution in [0.5, 0.6) is 0 Å². The summed E-state index contributed by atoms with van der Waals surface area (Å²) in [6.45, 7) is 0.859. The SMILES string of the molecule is CC(=O)OC[C@H](COP(=O)(O)OCC[N+](C)(C)C)OC(=O)/C=C/CCCCC[C@H]1O[C@]2(CCCCCCCCCCCCCCOC[C@H](CO)NS(=O)(=O)O)CC[C@@H](O)[C@H]1O2. The van der Waals surface area contributed by atoms with Crippen LogP contribution >= 0.6 is 7.82 Å². The zero-order valence-electron chi connectivity index (χ0n) is 37.1. The van der Waals surface area contributed by atoms with E-state index in [1.54, 1.807) is 6.08 Å². The Labute approximate surface area is 364 Å². The number of phosphoric ester groups is 1. The van der Waals surface area contributed by atoms with Crippen LogP contribution in [0.2, 0.25) is 0 Å². The summed E-state index contributed by atoms with van der Waals surface area (Å²) in [5.74, 6) is -1.90. The molecular formula is C41H78N2O16PS+. The Hall–Kier alpha value is -1.58. The summed E-state index contributed by atoms with van der Waals surface area (Å²) in [6.07, 6.45) is 20.7. The lowest BCUT2D eigenvalue weighted by molar-refractivity contribution is -0.870. The number of unbranched alkanes of at least 4 members (excludes halogenated alkanes) is 14. The number of carbonyl (C=O) groups is 2. The molecular weight excluding hydrogens is 839 g/mol. The molecule has 61 heavy (non-hydrogen) atoms. The van der Waals surface area contributed by atoms with Crippen molar-refractivity contribution in [3.05, 3.63) is 12.2 Å². The Morgan fingerprint density at radius 2 is 1.51 bits per heavy atom. The molecule has 0 aromatic heterocycles. The number of nitrogens with one attached hydrogen (secondary N) is 1. The average molecular weight is 918 g/mol. The molecule has 0 radical (unpaired) electrons. The van der Waals surface area contributed by atoms with Crippen LogP contribution < -0.4 is 4.72 Å². The third-order valence-corrected chi connectivity index (χ3v) is 12.2. The Bertz CT molecular complexity index is 1420. The van der Waals surface area contributed by atoms with Crippen LogP contribution in [0.15, 0.2) is 12.2 Å². The number of nitrogens with zero attached hydrogens (tertiary/aromatic N) is 1. The van der Waals surface area contributed by atoms with Gasteiger partial charge in [0.15, 0.2) is 11.9 Å². The number of hydrogen-bond donors (Lipinski definition) is 5. The van der Waals surface area contributed by atoms with E-state index in [4.69, 9.17) is 42.4 Å². The van der Waals surface area contributed by atoms with Crippen molar-refractivity contribution in [3.63, 3.8) is 0 Å². The van der Waals surface area contributed by atoms with E-state index in [0.29, 0.717) is 36.9 Å². The van der Waals surface area contributed by atoms with Crippen LogP contribution in [0, 0.1) is 0 Å². The molecule has 20 heteroatoms. The predicted octanol–water partition coefficient (Wildman–Crippen LogP) is 5.28. The first kappa shape index (κ1) is 55.6. The molecule has 1 unspecified atom stereocenters. The second-order valence-corrected chi connectivity index (χ2v) is 19.9. The monoisotopic (exact) mass is 917 g/mol. The van der Waals surface area contributed by atoms with Gasteiger partial charge in [-0.1, -0.05) is 83.1 Å². The number of allylic oxidation sites excluding steroid dienone is 1. The molecule has 0 saturated carbocycles. The summed E-state index contributed by atoms with van der Waals surface area (Å²) in [5, 5.41) is 19.8. The van der Waals surface area contributed by atoms with Gasteiger partial charge in [0.2, 0.25) is 0 Å². The van der Waals surface area contributed by atoms with Gasteiger partial charge in [-0.3, -0.25) is 18.4 Å². The van der Waals surface area contributed by atoms with E-state index in [9.17, 15) is 32.6 Å². The number of ether oxygens (including phenoxy) is 5. The molecule has 0 amide bonds. The number of aliphatic hydroxyl groups is 2. The van der Waals surface area contributed by atoms with Gasteiger partial charge in [-0.2, -0.15) is 13.1 Å². The minimum Gasteiger partial charge on any atom is -0.462 e. The Balaban J connectivity index is 1.54. The summed E-state index contributed by atoms with van der Waals surface area (Å²) in [4.78, 5) is 33.8. The quantitative estimate of drug-likeness (QED) is 0.0133. The highest BCUT2D eigenvalue weighted by Crippen LogP contribution is 2.45. The van der Waals surface area contributed by atoms with Gasteiger partial charge in [0, 0.05) is 32.4 Å². The van der Waals surface area contributed by atoms with Crippen molar-refractivity contribution < 1.29 is 79.4 Å². The molecule has 18 nitrogen and oxygen atoms in total. The molecule has 2 rings (SSSR count). The normalized spacial score (nSPS) is 22.6. The highest BCUT2D eigenvalue weighted by molar-refractivity contribution is 7.83. The fourth-order valence-corrected chi connectivity index (χ4v) is 8.51. The van der Waals surface area contributed by atoms with Crippen molar-refractivity contribution in [1.82, 2.24) is 4.72 Å². The zero-order valence-corrected chi connectivity index (χ0v) is 38.8. The second-order valence-electron chi connectivity index (χ2n) is 17.3. The molecule has 2 aliphatic rings. The standard InChI is InChI=1S/C41H77N2O16PS/c1-34(45)54-32-36(33-56-60(48,49)55-29-27-43(2,3)4)57-39(47)23-19-15-13-14-18-22-38-40-37(46)24-26-41(58-38,59-40)25-20-16-11-9-7-5-6-8-10-12-17-21-28-53-31-35(30-44)42-61(50,51)52/h19,23,35-38,40,42,44,46H,5-18,20-22,24-33H2,1-4H3,(H-,48,49,50,51,52)/p+1/b23-19+/t35-,36+,37+,38+,40+,41-/m0/s1. The summed E-state index contributed by atoms with van der Waals surface area (Å²) in [7, 11) is -3.05. The molecule has 0 spiro atoms. The van der Waals surface area contributed by atoms with E-state index < -0.39 is 67.3 Å². The Kier molecular flexibility index (Phi) is 27.1. The van der Waals surface area contributed by atoms with Crippen LogP contribution in [-0.2, 0) is 57.2 Å². The molecule has 358 valence electrons. The number of aliphatic hydroxyl groups excluding tert-OH is 2. The van der Waals surface area contributed by atoms with Gasteiger partial charge in [-0.05, 0) is 38.5 Å². The third kappa shape index (κ3) is 27.4. The lowest BCUT2D eigenvalue weighted by Crippen LogP contribution is -2.41. The van der Waals surface area contributed by atoms with E-state index in [1.165, 1.54) is 57.9 Å². The molecule has 2 aliphatic heterocycles. The van der Waals surface area contributed by atoms with E-state index >= 15 is 0 Å². The minimum absolute atomic E-state index is 0.0130. The van der Waals surface area contributed by atoms with E-state index in [-0.39, 0.29) is 32.0 Å². The lowest BCUT2D eigenvalue weighted by Gasteiger charge is -2.33. The maximum Gasteiger partial charge on any atom is 0.472 e. The molecule has 0 aliphatic carbocycles. The number of phosphoric acid groups is 1. The number of fused-ring (bicyclic) bond motifs is 2. The molecule has 5 N–H and O–H groups in total. The molecule has 2 heterocycles. The molecule has 7 atom stereocenters.